The van der Waals surface area contributed by atoms with Gasteiger partial charge in [0.05, 0.1) is 26.1 Å². The van der Waals surface area contributed by atoms with Gasteiger partial charge in [0.25, 0.3) is 0 Å². The highest BCUT2D eigenvalue weighted by atomic mass is 16.6. The molecule has 0 radical (unpaired) electrons. The number of nitrogens with one attached hydrogen (secondary N) is 2. The normalized spacial score (nSPS) is 12.3. The van der Waals surface area contributed by atoms with E-state index in [9.17, 15) is 19.2 Å². The maximum absolute atomic E-state index is 12.3. The fraction of sp³-hybridized carbons (Fsp3) is 0.882. The van der Waals surface area contributed by atoms with Crippen molar-refractivity contribution in [3.05, 3.63) is 0 Å². The Kier molecular flexibility index (Phi) is 29.3. The summed E-state index contributed by atoms with van der Waals surface area (Å²) >= 11 is 0. The summed E-state index contributed by atoms with van der Waals surface area (Å²) in [7, 11) is 0. The predicted molar refractivity (Wildman–Crippen MR) is 179 cm³/mol. The molecule has 2 unspecified atom stereocenters. The molecule has 0 spiro atoms. The molecule has 0 aromatic carbocycles. The van der Waals surface area contributed by atoms with Crippen molar-refractivity contribution in [3.8, 4) is 0 Å². The monoisotopic (exact) mass is 659 g/mol. The van der Waals surface area contributed by atoms with Crippen LogP contribution < -0.4 is 10.6 Å². The number of ether oxygens (including phenoxy) is 4. The molecule has 0 saturated carbocycles. The van der Waals surface area contributed by atoms with Gasteiger partial charge in [0, 0.05) is 32.8 Å². The van der Waals surface area contributed by atoms with Crippen LogP contribution >= 0.6 is 0 Å². The maximum atomic E-state index is 12.3. The molecule has 12 nitrogen and oxygen atoms in total. The number of esters is 2. The van der Waals surface area contributed by atoms with Crippen LogP contribution in [-0.2, 0) is 28.5 Å². The Morgan fingerprint density at radius 3 is 1.46 bits per heavy atom. The molecule has 3 N–H and O–H groups in total. The third-order valence-electron chi connectivity index (χ3n) is 7.53. The van der Waals surface area contributed by atoms with Crippen LogP contribution in [0.5, 0.6) is 0 Å². The number of hydrogen-bond acceptors (Lipinski definition) is 10. The molecule has 0 heterocycles. The van der Waals surface area contributed by atoms with Gasteiger partial charge in [0.15, 0.2) is 0 Å². The molecule has 2 amide bonds. The number of alkyl carbamates (subject to hydrolysis) is 2. The summed E-state index contributed by atoms with van der Waals surface area (Å²) in [6.45, 7) is 11.5. The van der Waals surface area contributed by atoms with Crippen LogP contribution in [-0.4, -0.2) is 98.9 Å². The van der Waals surface area contributed by atoms with Crippen molar-refractivity contribution in [2.24, 2.45) is 0 Å². The minimum Gasteiger partial charge on any atom is -0.466 e. The van der Waals surface area contributed by atoms with E-state index in [0.29, 0.717) is 65.2 Å². The number of carbonyl (C=O) groups excluding carboxylic acids is 4. The van der Waals surface area contributed by atoms with E-state index in [1.54, 1.807) is 0 Å². The van der Waals surface area contributed by atoms with E-state index in [1.807, 2.05) is 18.7 Å². The van der Waals surface area contributed by atoms with E-state index in [4.69, 9.17) is 24.1 Å². The number of aliphatic hydroxyl groups excluding tert-OH is 1. The number of rotatable bonds is 30. The molecule has 0 aromatic rings. The zero-order valence-corrected chi connectivity index (χ0v) is 29.3. The second-order valence-corrected chi connectivity index (χ2v) is 11.6. The lowest BCUT2D eigenvalue weighted by atomic mass is 10.2. The third-order valence-corrected chi connectivity index (χ3v) is 7.53. The van der Waals surface area contributed by atoms with Gasteiger partial charge in [-0.1, -0.05) is 40.5 Å². The first kappa shape index (κ1) is 43.4. The zero-order chi connectivity index (χ0) is 34.3. The summed E-state index contributed by atoms with van der Waals surface area (Å²) in [5, 5.41) is 14.7. The van der Waals surface area contributed by atoms with E-state index >= 15 is 0 Å². The van der Waals surface area contributed by atoms with Gasteiger partial charge < -0.3 is 39.6 Å². The van der Waals surface area contributed by atoms with E-state index in [0.717, 1.165) is 70.6 Å². The number of amides is 2. The van der Waals surface area contributed by atoms with Gasteiger partial charge in [-0.25, -0.2) is 9.59 Å². The van der Waals surface area contributed by atoms with Crippen molar-refractivity contribution >= 4 is 24.1 Å². The van der Waals surface area contributed by atoms with Gasteiger partial charge >= 0.3 is 24.1 Å². The minimum atomic E-state index is -0.378. The lowest BCUT2D eigenvalue weighted by Gasteiger charge is -2.21. The third kappa shape index (κ3) is 26.6. The SMILES string of the molecule is CCCC(CC)OC(=O)NCCCCCOC(=O)CCN(CCCCO)CCC(=O)OCCCCCNC(=O)OC(CC)CCC. The Morgan fingerprint density at radius 1 is 0.609 bits per heavy atom. The van der Waals surface area contributed by atoms with Crippen LogP contribution in [0.25, 0.3) is 0 Å². The Balaban J connectivity index is 4.06. The quantitative estimate of drug-likeness (QED) is 0.0484. The minimum absolute atomic E-state index is 0.0391. The number of nitrogens with zero attached hydrogens (tertiary/aromatic N) is 1. The molecule has 46 heavy (non-hydrogen) atoms. The molecular formula is C34H65N3O9. The van der Waals surface area contributed by atoms with E-state index in [2.05, 4.69) is 24.5 Å². The molecule has 0 fully saturated rings. The molecule has 270 valence electrons. The van der Waals surface area contributed by atoms with Crippen LogP contribution in [0.15, 0.2) is 0 Å². The maximum Gasteiger partial charge on any atom is 0.407 e. The second-order valence-electron chi connectivity index (χ2n) is 11.6. The van der Waals surface area contributed by atoms with Crippen molar-refractivity contribution in [1.82, 2.24) is 15.5 Å². The van der Waals surface area contributed by atoms with Gasteiger partial charge in [-0.3, -0.25) is 9.59 Å². The summed E-state index contributed by atoms with van der Waals surface area (Å²) in [5.41, 5.74) is 0. The standard InChI is InChI=1S/C34H65N3O9/c1-5-17-29(7-3)45-33(41)35-21-11-9-15-27-43-31(39)19-24-37(23-13-14-26-38)25-20-32(40)44-28-16-10-12-22-36-34(42)46-30(8-4)18-6-2/h29-30,38H,5-28H2,1-4H3,(H,35,41)(H,36,42). The number of carbonyl (C=O) groups is 4. The average molecular weight is 660 g/mol. The zero-order valence-electron chi connectivity index (χ0n) is 29.3. The van der Waals surface area contributed by atoms with E-state index in [1.165, 1.54) is 0 Å². The first-order chi connectivity index (χ1) is 22.3. The van der Waals surface area contributed by atoms with Crippen LogP contribution in [0.3, 0.4) is 0 Å². The van der Waals surface area contributed by atoms with Crippen LogP contribution in [0, 0.1) is 0 Å². The predicted octanol–water partition coefficient (Wildman–Crippen LogP) is 5.88. The number of unbranched alkanes of at least 4 members (excludes halogenated alkanes) is 5. The molecule has 0 aliphatic carbocycles. The van der Waals surface area contributed by atoms with Gasteiger partial charge in [0.2, 0.25) is 0 Å². The Hall–Kier alpha value is -2.60. The van der Waals surface area contributed by atoms with Gasteiger partial charge in [-0.05, 0) is 83.6 Å². The summed E-state index contributed by atoms with van der Waals surface area (Å²) in [6, 6.07) is 0. The molecule has 0 rings (SSSR count). The first-order valence-electron chi connectivity index (χ1n) is 17.8. The lowest BCUT2D eigenvalue weighted by molar-refractivity contribution is -0.144. The molecular weight excluding hydrogens is 594 g/mol. The highest BCUT2D eigenvalue weighted by Crippen LogP contribution is 2.08. The van der Waals surface area contributed by atoms with Gasteiger partial charge in [-0.2, -0.15) is 0 Å². The Morgan fingerprint density at radius 2 is 1.07 bits per heavy atom. The fourth-order valence-corrected chi connectivity index (χ4v) is 4.71. The fourth-order valence-electron chi connectivity index (χ4n) is 4.71. The Bertz CT molecular complexity index is 727. The molecule has 0 aliphatic rings. The van der Waals surface area contributed by atoms with Crippen molar-refractivity contribution < 1.29 is 43.2 Å². The summed E-state index contributed by atoms with van der Waals surface area (Å²) in [6.07, 6.45) is 10.9. The largest absolute Gasteiger partial charge is 0.466 e. The lowest BCUT2D eigenvalue weighted by Crippen LogP contribution is -2.31. The topological polar surface area (TPSA) is 153 Å². The number of hydrogen-bond donors (Lipinski definition) is 3. The smallest absolute Gasteiger partial charge is 0.407 e. The van der Waals surface area contributed by atoms with E-state index in [-0.39, 0.29) is 55.8 Å². The van der Waals surface area contributed by atoms with Crippen molar-refractivity contribution in [2.45, 2.75) is 143 Å². The van der Waals surface area contributed by atoms with Crippen molar-refractivity contribution in [2.75, 3.05) is 52.5 Å². The molecule has 0 saturated heterocycles. The van der Waals surface area contributed by atoms with E-state index < -0.39 is 0 Å². The Labute approximate surface area is 278 Å². The molecule has 0 aliphatic heterocycles. The van der Waals surface area contributed by atoms with Crippen molar-refractivity contribution in [1.29, 1.82) is 0 Å². The van der Waals surface area contributed by atoms with Crippen LogP contribution in [0.1, 0.15) is 130 Å². The van der Waals surface area contributed by atoms with Crippen LogP contribution in [0.4, 0.5) is 9.59 Å². The summed E-state index contributed by atoms with van der Waals surface area (Å²) < 4.78 is 21.5. The summed E-state index contributed by atoms with van der Waals surface area (Å²) in [5.74, 6) is -0.571. The molecule has 2 atom stereocenters. The highest BCUT2D eigenvalue weighted by Gasteiger charge is 2.14. The van der Waals surface area contributed by atoms with Crippen molar-refractivity contribution in [3.63, 3.8) is 0 Å². The van der Waals surface area contributed by atoms with Gasteiger partial charge in [-0.15, -0.1) is 0 Å². The van der Waals surface area contributed by atoms with Gasteiger partial charge in [0.1, 0.15) is 12.2 Å². The van der Waals surface area contributed by atoms with Crippen LogP contribution in [0.2, 0.25) is 0 Å². The first-order valence-corrected chi connectivity index (χ1v) is 17.8. The molecule has 0 bridgehead atoms. The highest BCUT2D eigenvalue weighted by molar-refractivity contribution is 5.70. The second kappa shape index (κ2) is 31.0. The summed E-state index contributed by atoms with van der Waals surface area (Å²) in [4.78, 5) is 50.3. The molecule has 12 heteroatoms. The molecule has 0 aromatic heterocycles. The average Bonchev–Trinajstić information content (AvgIpc) is 3.04. The number of aliphatic hydroxyl groups is 1.